The van der Waals surface area contributed by atoms with Gasteiger partial charge in [-0.15, -0.1) is 0 Å². The first kappa shape index (κ1) is 20.5. The number of aliphatic carboxylic acids is 1. The summed E-state index contributed by atoms with van der Waals surface area (Å²) in [6, 6.07) is 11.1. The summed E-state index contributed by atoms with van der Waals surface area (Å²) in [7, 11) is 1.57. The van der Waals surface area contributed by atoms with E-state index in [-0.39, 0.29) is 24.1 Å². The third-order valence-corrected chi connectivity index (χ3v) is 5.25. The van der Waals surface area contributed by atoms with E-state index in [4.69, 9.17) is 14.2 Å². The molecule has 1 fully saturated rings. The lowest BCUT2D eigenvalue weighted by molar-refractivity contribution is -0.148. The molecule has 2 aromatic carbocycles. The van der Waals surface area contributed by atoms with E-state index >= 15 is 0 Å². The summed E-state index contributed by atoms with van der Waals surface area (Å²) >= 11 is 0. The molecule has 2 aliphatic rings. The lowest BCUT2D eigenvalue weighted by Crippen LogP contribution is -2.42. The van der Waals surface area contributed by atoms with Crippen molar-refractivity contribution in [2.45, 2.75) is 18.9 Å². The van der Waals surface area contributed by atoms with Gasteiger partial charge in [-0.25, -0.2) is 4.79 Å². The average molecular weight is 423 g/mol. The molecule has 160 valence electrons. The number of ketones is 1. The molecule has 1 atom stereocenters. The van der Waals surface area contributed by atoms with Crippen molar-refractivity contribution in [1.82, 2.24) is 4.90 Å². The molecule has 0 saturated carbocycles. The summed E-state index contributed by atoms with van der Waals surface area (Å²) in [5.41, 5.74) is 1.16. The van der Waals surface area contributed by atoms with Gasteiger partial charge < -0.3 is 24.2 Å². The Morgan fingerprint density at radius 1 is 1.23 bits per heavy atom. The standard InChI is InChI=1S/C23H21NO7/c1-29-15-5-2-4-14(10-15)11-20-22(26)17-8-7-16(12-19(17)31-20)30-13-21(25)24-9-3-6-18(24)23(27)28/h2,4-5,7-8,10-12,18H,3,6,9,13H2,1H3,(H,27,28)/t18-/m0/s1. The van der Waals surface area contributed by atoms with Gasteiger partial charge in [0.05, 0.1) is 12.7 Å². The molecule has 0 spiro atoms. The lowest BCUT2D eigenvalue weighted by atomic mass is 10.1. The van der Waals surface area contributed by atoms with E-state index in [9.17, 15) is 19.5 Å². The molecule has 8 nitrogen and oxygen atoms in total. The zero-order valence-electron chi connectivity index (χ0n) is 16.9. The topological polar surface area (TPSA) is 102 Å². The fraction of sp³-hybridized carbons (Fsp3) is 0.261. The number of likely N-dealkylation sites (tertiary alicyclic amines) is 1. The van der Waals surface area contributed by atoms with Crippen LogP contribution in [0.2, 0.25) is 0 Å². The minimum absolute atomic E-state index is 0.179. The van der Waals surface area contributed by atoms with Crippen LogP contribution in [0, 0.1) is 0 Å². The van der Waals surface area contributed by atoms with E-state index in [1.165, 1.54) is 4.90 Å². The van der Waals surface area contributed by atoms with Gasteiger partial charge in [0.2, 0.25) is 5.78 Å². The van der Waals surface area contributed by atoms with E-state index < -0.39 is 12.0 Å². The highest BCUT2D eigenvalue weighted by molar-refractivity contribution is 6.14. The largest absolute Gasteiger partial charge is 0.497 e. The van der Waals surface area contributed by atoms with Crippen molar-refractivity contribution in [3.8, 4) is 17.2 Å². The van der Waals surface area contributed by atoms with Crippen LogP contribution in [0.4, 0.5) is 0 Å². The Morgan fingerprint density at radius 2 is 2.06 bits per heavy atom. The van der Waals surface area contributed by atoms with Gasteiger partial charge in [0.1, 0.15) is 23.3 Å². The van der Waals surface area contributed by atoms with Crippen LogP contribution >= 0.6 is 0 Å². The van der Waals surface area contributed by atoms with Crippen LogP contribution in [0.25, 0.3) is 6.08 Å². The number of hydrogen-bond acceptors (Lipinski definition) is 6. The molecule has 4 rings (SSSR count). The maximum absolute atomic E-state index is 12.6. The van der Waals surface area contributed by atoms with E-state index in [1.54, 1.807) is 43.5 Å². The molecule has 2 aliphatic heterocycles. The zero-order valence-corrected chi connectivity index (χ0v) is 16.9. The number of carbonyl (C=O) groups is 3. The Kier molecular flexibility index (Phi) is 5.62. The van der Waals surface area contributed by atoms with Gasteiger partial charge in [0.15, 0.2) is 12.4 Å². The highest BCUT2D eigenvalue weighted by Crippen LogP contribution is 2.35. The number of rotatable bonds is 6. The maximum Gasteiger partial charge on any atom is 0.326 e. The third-order valence-electron chi connectivity index (χ3n) is 5.25. The Morgan fingerprint density at radius 3 is 2.84 bits per heavy atom. The van der Waals surface area contributed by atoms with Crippen LogP contribution in [-0.4, -0.2) is 54.0 Å². The molecule has 0 unspecified atom stereocenters. The SMILES string of the molecule is COc1cccc(C=C2Oc3cc(OCC(=O)N4CCC[C@H]4C(=O)O)ccc3C2=O)c1. The number of amides is 1. The number of allylic oxidation sites excluding steroid dienone is 1. The van der Waals surface area contributed by atoms with Crippen molar-refractivity contribution in [1.29, 1.82) is 0 Å². The van der Waals surface area contributed by atoms with Crippen molar-refractivity contribution in [3.05, 3.63) is 59.4 Å². The van der Waals surface area contributed by atoms with Gasteiger partial charge in [-0.1, -0.05) is 12.1 Å². The summed E-state index contributed by atoms with van der Waals surface area (Å²) in [5, 5.41) is 9.21. The van der Waals surface area contributed by atoms with Crippen LogP contribution in [0.15, 0.2) is 48.2 Å². The van der Waals surface area contributed by atoms with Crippen molar-refractivity contribution >= 4 is 23.7 Å². The van der Waals surface area contributed by atoms with Gasteiger partial charge in [-0.05, 0) is 48.7 Å². The predicted octanol–water partition coefficient (Wildman–Crippen LogP) is 2.77. The minimum atomic E-state index is -1.01. The van der Waals surface area contributed by atoms with Crippen LogP contribution in [-0.2, 0) is 9.59 Å². The molecular formula is C23H21NO7. The highest BCUT2D eigenvalue weighted by atomic mass is 16.5. The van der Waals surface area contributed by atoms with E-state index in [1.807, 2.05) is 12.1 Å². The number of carboxylic acids is 1. The summed E-state index contributed by atoms with van der Waals surface area (Å²) in [6.07, 6.45) is 2.73. The van der Waals surface area contributed by atoms with Crippen LogP contribution in [0.5, 0.6) is 17.2 Å². The second-order valence-electron chi connectivity index (χ2n) is 7.25. The van der Waals surface area contributed by atoms with Crippen LogP contribution < -0.4 is 14.2 Å². The number of carbonyl (C=O) groups excluding carboxylic acids is 2. The molecule has 1 saturated heterocycles. The van der Waals surface area contributed by atoms with E-state index in [0.717, 1.165) is 5.56 Å². The van der Waals surface area contributed by atoms with Crippen molar-refractivity contribution < 1.29 is 33.7 Å². The Balaban J connectivity index is 1.44. The van der Waals surface area contributed by atoms with E-state index in [0.29, 0.717) is 42.2 Å². The summed E-state index contributed by atoms with van der Waals surface area (Å²) in [6.45, 7) is 0.113. The molecule has 2 aromatic rings. The zero-order chi connectivity index (χ0) is 22.0. The lowest BCUT2D eigenvalue weighted by Gasteiger charge is -2.21. The quantitative estimate of drug-likeness (QED) is 0.713. The van der Waals surface area contributed by atoms with E-state index in [2.05, 4.69) is 0 Å². The third kappa shape index (κ3) is 4.23. The fourth-order valence-electron chi connectivity index (χ4n) is 3.69. The number of methoxy groups -OCH3 is 1. The molecule has 0 radical (unpaired) electrons. The second kappa shape index (κ2) is 8.51. The van der Waals surface area contributed by atoms with Gasteiger partial charge in [0.25, 0.3) is 5.91 Å². The fourth-order valence-corrected chi connectivity index (χ4v) is 3.69. The second-order valence-corrected chi connectivity index (χ2v) is 7.25. The Bertz CT molecular complexity index is 1080. The normalized spacial score (nSPS) is 18.6. The first-order valence-electron chi connectivity index (χ1n) is 9.83. The summed E-state index contributed by atoms with van der Waals surface area (Å²) in [5.74, 6) is -0.102. The van der Waals surface area contributed by atoms with Crippen molar-refractivity contribution in [2.75, 3.05) is 20.3 Å². The minimum Gasteiger partial charge on any atom is -0.497 e. The molecule has 31 heavy (non-hydrogen) atoms. The molecule has 1 amide bonds. The smallest absolute Gasteiger partial charge is 0.326 e. The number of hydrogen-bond donors (Lipinski definition) is 1. The number of carboxylic acid groups (broad SMARTS) is 1. The molecule has 1 N–H and O–H groups in total. The van der Waals surface area contributed by atoms with Crippen LogP contribution in [0.3, 0.4) is 0 Å². The first-order valence-corrected chi connectivity index (χ1v) is 9.83. The van der Waals surface area contributed by atoms with Crippen LogP contribution in [0.1, 0.15) is 28.8 Å². The van der Waals surface area contributed by atoms with Gasteiger partial charge >= 0.3 is 5.97 Å². The maximum atomic E-state index is 12.6. The molecule has 0 bridgehead atoms. The first-order chi connectivity index (χ1) is 15.0. The molecular weight excluding hydrogens is 402 g/mol. The predicted molar refractivity (Wildman–Crippen MR) is 110 cm³/mol. The molecule has 0 aliphatic carbocycles. The molecule has 8 heteroatoms. The molecule has 2 heterocycles. The number of fused-ring (bicyclic) bond motifs is 1. The molecule has 0 aromatic heterocycles. The van der Waals surface area contributed by atoms with Gasteiger partial charge in [0, 0.05) is 12.6 Å². The number of nitrogens with zero attached hydrogens (tertiary/aromatic N) is 1. The highest BCUT2D eigenvalue weighted by Gasteiger charge is 2.34. The summed E-state index contributed by atoms with van der Waals surface area (Å²) in [4.78, 5) is 37.6. The number of benzene rings is 2. The average Bonchev–Trinajstić information content (AvgIpc) is 3.38. The van der Waals surface area contributed by atoms with Crippen molar-refractivity contribution in [3.63, 3.8) is 0 Å². The van der Waals surface area contributed by atoms with Gasteiger partial charge in [-0.2, -0.15) is 0 Å². The monoisotopic (exact) mass is 423 g/mol. The van der Waals surface area contributed by atoms with Crippen molar-refractivity contribution in [2.24, 2.45) is 0 Å². The van der Waals surface area contributed by atoms with Gasteiger partial charge in [-0.3, -0.25) is 9.59 Å². The number of Topliss-reactive ketones (excluding diaryl/α,β-unsaturated/α-hetero) is 1. The Hall–Kier alpha value is -3.81. The number of ether oxygens (including phenoxy) is 3. The summed E-state index contributed by atoms with van der Waals surface area (Å²) < 4.78 is 16.4. The Labute approximate surface area is 178 Å².